The molecule has 2 aromatic rings. The Labute approximate surface area is 117 Å². The Kier molecular flexibility index (Phi) is 3.71. The summed E-state index contributed by atoms with van der Waals surface area (Å²) in [5, 5.41) is 0. The predicted octanol–water partition coefficient (Wildman–Crippen LogP) is 1.66. The minimum Gasteiger partial charge on any atom is -0.494 e. The van der Waals surface area contributed by atoms with Crippen molar-refractivity contribution >= 4 is 27.1 Å². The van der Waals surface area contributed by atoms with Crippen LogP contribution in [0.3, 0.4) is 0 Å². The van der Waals surface area contributed by atoms with Crippen LogP contribution in [0, 0.1) is 0 Å². The van der Waals surface area contributed by atoms with Crippen LogP contribution in [0.25, 0.3) is 0 Å². The summed E-state index contributed by atoms with van der Waals surface area (Å²) in [5.41, 5.74) is 12.5. The zero-order valence-electron chi connectivity index (χ0n) is 10.8. The van der Waals surface area contributed by atoms with Gasteiger partial charge in [0.2, 0.25) is 0 Å². The average molecular weight is 293 g/mol. The van der Waals surface area contributed by atoms with Crippen LogP contribution in [0.1, 0.15) is 0 Å². The summed E-state index contributed by atoms with van der Waals surface area (Å²) in [6, 6.07) is 10.6. The maximum absolute atomic E-state index is 12.2. The summed E-state index contributed by atoms with van der Waals surface area (Å²) in [7, 11) is -2.26. The van der Waals surface area contributed by atoms with E-state index in [1.807, 2.05) is 0 Å². The van der Waals surface area contributed by atoms with E-state index in [0.717, 1.165) is 0 Å². The summed E-state index contributed by atoms with van der Waals surface area (Å²) in [6.07, 6.45) is 0. The lowest BCUT2D eigenvalue weighted by molar-refractivity contribution is 0.417. The van der Waals surface area contributed by atoms with Crippen LogP contribution in [-0.2, 0) is 10.0 Å². The fourth-order valence-electron chi connectivity index (χ4n) is 1.64. The smallest absolute Gasteiger partial charge is 0.262 e. The normalized spacial score (nSPS) is 11.1. The molecule has 0 amide bonds. The molecule has 0 atom stereocenters. The molecule has 0 fully saturated rings. The van der Waals surface area contributed by atoms with Crippen molar-refractivity contribution < 1.29 is 13.2 Å². The second-order valence-corrected chi connectivity index (χ2v) is 5.82. The lowest BCUT2D eigenvalue weighted by atomic mass is 10.2. The third-order valence-electron chi connectivity index (χ3n) is 2.66. The Hall–Kier alpha value is -2.41. The number of benzene rings is 2. The van der Waals surface area contributed by atoms with Crippen LogP contribution in [-0.4, -0.2) is 15.5 Å². The minimum atomic E-state index is -3.70. The van der Waals surface area contributed by atoms with E-state index in [1.165, 1.54) is 31.4 Å². The van der Waals surface area contributed by atoms with E-state index in [2.05, 4.69) is 4.72 Å². The fraction of sp³-hybridized carbons (Fsp3) is 0.0769. The third-order valence-corrected chi connectivity index (χ3v) is 4.04. The predicted molar refractivity (Wildman–Crippen MR) is 79.1 cm³/mol. The van der Waals surface area contributed by atoms with E-state index < -0.39 is 10.0 Å². The van der Waals surface area contributed by atoms with Crippen molar-refractivity contribution in [3.8, 4) is 5.75 Å². The molecule has 0 aliphatic carbocycles. The van der Waals surface area contributed by atoms with Crippen molar-refractivity contribution in [1.82, 2.24) is 0 Å². The molecule has 106 valence electrons. The standard InChI is InChI=1S/C13H15N3O3S/c1-19-13-8-10(15)4-7-12(13)16-20(17,18)11-5-2-9(14)3-6-11/h2-8,16H,14-15H2,1H3. The van der Waals surface area contributed by atoms with Crippen molar-refractivity contribution in [2.75, 3.05) is 23.3 Å². The Bertz CT molecular complexity index is 712. The Morgan fingerprint density at radius 3 is 2.20 bits per heavy atom. The number of hydrogen-bond donors (Lipinski definition) is 3. The van der Waals surface area contributed by atoms with Gasteiger partial charge in [-0.15, -0.1) is 0 Å². The first-order valence-electron chi connectivity index (χ1n) is 5.74. The van der Waals surface area contributed by atoms with Gasteiger partial charge >= 0.3 is 0 Å². The number of methoxy groups -OCH3 is 1. The van der Waals surface area contributed by atoms with Gasteiger partial charge in [-0.2, -0.15) is 0 Å². The van der Waals surface area contributed by atoms with E-state index in [0.29, 0.717) is 22.8 Å². The number of sulfonamides is 1. The molecule has 5 N–H and O–H groups in total. The monoisotopic (exact) mass is 293 g/mol. The maximum Gasteiger partial charge on any atom is 0.262 e. The van der Waals surface area contributed by atoms with Crippen molar-refractivity contribution in [3.63, 3.8) is 0 Å². The van der Waals surface area contributed by atoms with Gasteiger partial charge in [-0.3, -0.25) is 4.72 Å². The van der Waals surface area contributed by atoms with Crippen LogP contribution in [0.15, 0.2) is 47.4 Å². The second kappa shape index (κ2) is 5.30. The number of nitrogens with one attached hydrogen (secondary N) is 1. The van der Waals surface area contributed by atoms with Gasteiger partial charge in [0.25, 0.3) is 10.0 Å². The van der Waals surface area contributed by atoms with Crippen LogP contribution < -0.4 is 20.9 Å². The average Bonchev–Trinajstić information content (AvgIpc) is 2.41. The number of nitrogen functional groups attached to an aromatic ring is 2. The Morgan fingerprint density at radius 1 is 1.00 bits per heavy atom. The zero-order chi connectivity index (χ0) is 14.8. The van der Waals surface area contributed by atoms with E-state index in [-0.39, 0.29) is 4.90 Å². The molecule has 0 spiro atoms. The molecule has 0 aliphatic rings. The molecular formula is C13H15N3O3S. The van der Waals surface area contributed by atoms with E-state index in [4.69, 9.17) is 16.2 Å². The molecule has 0 saturated carbocycles. The number of rotatable bonds is 4. The van der Waals surface area contributed by atoms with Gasteiger partial charge < -0.3 is 16.2 Å². The first-order chi connectivity index (χ1) is 9.42. The van der Waals surface area contributed by atoms with Gasteiger partial charge in [0.1, 0.15) is 5.75 Å². The van der Waals surface area contributed by atoms with E-state index in [9.17, 15) is 8.42 Å². The summed E-state index contributed by atoms with van der Waals surface area (Å²) >= 11 is 0. The molecule has 0 bridgehead atoms. The zero-order valence-corrected chi connectivity index (χ0v) is 11.6. The molecule has 0 aliphatic heterocycles. The lowest BCUT2D eigenvalue weighted by Gasteiger charge is -2.12. The largest absolute Gasteiger partial charge is 0.494 e. The molecule has 0 radical (unpaired) electrons. The van der Waals surface area contributed by atoms with Gasteiger partial charge in [-0.25, -0.2) is 8.42 Å². The van der Waals surface area contributed by atoms with Gasteiger partial charge in [-0.1, -0.05) is 0 Å². The van der Waals surface area contributed by atoms with Crippen LogP contribution in [0.2, 0.25) is 0 Å². The molecule has 0 heterocycles. The first kappa shape index (κ1) is 14.0. The Morgan fingerprint density at radius 2 is 1.60 bits per heavy atom. The molecule has 20 heavy (non-hydrogen) atoms. The van der Waals surface area contributed by atoms with Crippen molar-refractivity contribution in [1.29, 1.82) is 0 Å². The summed E-state index contributed by atoms with van der Waals surface area (Å²) < 4.78 is 32.0. The summed E-state index contributed by atoms with van der Waals surface area (Å²) in [5.74, 6) is 0.351. The van der Waals surface area contributed by atoms with Crippen LogP contribution in [0.5, 0.6) is 5.75 Å². The van der Waals surface area contributed by atoms with E-state index in [1.54, 1.807) is 18.2 Å². The number of nitrogens with two attached hydrogens (primary N) is 2. The topological polar surface area (TPSA) is 107 Å². The van der Waals surface area contributed by atoms with Gasteiger partial charge in [0.15, 0.2) is 0 Å². The minimum absolute atomic E-state index is 0.116. The van der Waals surface area contributed by atoms with Crippen molar-refractivity contribution in [2.45, 2.75) is 4.90 Å². The number of ether oxygens (including phenoxy) is 1. The van der Waals surface area contributed by atoms with E-state index >= 15 is 0 Å². The lowest BCUT2D eigenvalue weighted by Crippen LogP contribution is -2.13. The van der Waals surface area contributed by atoms with Gasteiger partial charge in [0.05, 0.1) is 17.7 Å². The Balaban J connectivity index is 2.35. The fourth-order valence-corrected chi connectivity index (χ4v) is 2.71. The third kappa shape index (κ3) is 2.94. The van der Waals surface area contributed by atoms with Crippen molar-refractivity contribution in [3.05, 3.63) is 42.5 Å². The molecule has 0 saturated heterocycles. The first-order valence-corrected chi connectivity index (χ1v) is 7.22. The van der Waals surface area contributed by atoms with Crippen LogP contribution >= 0.6 is 0 Å². The summed E-state index contributed by atoms with van der Waals surface area (Å²) in [4.78, 5) is 0.116. The molecule has 0 aromatic heterocycles. The highest BCUT2D eigenvalue weighted by atomic mass is 32.2. The molecule has 2 rings (SSSR count). The molecule has 2 aromatic carbocycles. The highest BCUT2D eigenvalue weighted by Gasteiger charge is 2.16. The number of hydrogen-bond acceptors (Lipinski definition) is 5. The number of anilines is 3. The highest BCUT2D eigenvalue weighted by molar-refractivity contribution is 7.92. The summed E-state index contributed by atoms with van der Waals surface area (Å²) in [6.45, 7) is 0. The SMILES string of the molecule is COc1cc(N)ccc1NS(=O)(=O)c1ccc(N)cc1. The van der Waals surface area contributed by atoms with Crippen molar-refractivity contribution in [2.24, 2.45) is 0 Å². The molecular weight excluding hydrogens is 278 g/mol. The van der Waals surface area contributed by atoms with Gasteiger partial charge in [0, 0.05) is 17.4 Å². The quantitative estimate of drug-likeness (QED) is 0.743. The van der Waals surface area contributed by atoms with Crippen LogP contribution in [0.4, 0.5) is 17.1 Å². The second-order valence-electron chi connectivity index (χ2n) is 4.13. The van der Waals surface area contributed by atoms with Gasteiger partial charge in [-0.05, 0) is 36.4 Å². The highest BCUT2D eigenvalue weighted by Crippen LogP contribution is 2.28. The molecule has 6 nitrogen and oxygen atoms in total. The molecule has 0 unspecified atom stereocenters. The molecule has 7 heteroatoms. The maximum atomic E-state index is 12.2.